The van der Waals surface area contributed by atoms with Gasteiger partial charge in [0.15, 0.2) is 0 Å². The lowest BCUT2D eigenvalue weighted by atomic mass is 10.1. The van der Waals surface area contributed by atoms with E-state index in [1.807, 2.05) is 12.1 Å². The summed E-state index contributed by atoms with van der Waals surface area (Å²) in [5.74, 6) is 0.889. The molecule has 29 heavy (non-hydrogen) atoms. The predicted molar refractivity (Wildman–Crippen MR) is 115 cm³/mol. The number of phenols is 1. The topological polar surface area (TPSA) is 67.6 Å². The van der Waals surface area contributed by atoms with E-state index in [9.17, 15) is 9.90 Å². The van der Waals surface area contributed by atoms with Gasteiger partial charge in [-0.1, -0.05) is 24.6 Å². The van der Waals surface area contributed by atoms with Crippen LogP contribution in [0.25, 0.3) is 11.0 Å². The van der Waals surface area contributed by atoms with Gasteiger partial charge in [0.1, 0.15) is 17.3 Å². The number of methoxy groups -OCH3 is 1. The molecule has 3 aromatic rings. The van der Waals surface area contributed by atoms with E-state index < -0.39 is 0 Å². The van der Waals surface area contributed by atoms with Crippen LogP contribution in [0, 0.1) is 0 Å². The molecule has 0 aliphatic carbocycles. The minimum Gasteiger partial charge on any atom is -0.508 e. The lowest BCUT2D eigenvalue weighted by molar-refractivity contribution is 0.0753. The SMILES string of the molecule is C=CCN(Cc1nc2ccc(Cl)cc2n1CCC)C(=O)c1cc(O)ccc1OC. The number of aryl methyl sites for hydroxylation is 1. The maximum Gasteiger partial charge on any atom is 0.258 e. The molecule has 1 amide bonds. The smallest absolute Gasteiger partial charge is 0.258 e. The summed E-state index contributed by atoms with van der Waals surface area (Å²) in [4.78, 5) is 19.6. The summed E-state index contributed by atoms with van der Waals surface area (Å²) in [6, 6.07) is 10.0. The van der Waals surface area contributed by atoms with Gasteiger partial charge < -0.3 is 19.3 Å². The molecular weight excluding hydrogens is 390 g/mol. The maximum atomic E-state index is 13.2. The number of halogens is 1. The van der Waals surface area contributed by atoms with Crippen LogP contribution < -0.4 is 4.74 Å². The van der Waals surface area contributed by atoms with Gasteiger partial charge in [0.05, 0.1) is 30.3 Å². The standard InChI is InChI=1S/C22H24ClN3O3/c1-4-10-25(22(28)17-13-16(27)7-9-20(17)29-3)14-21-24-18-8-6-15(23)12-19(18)26(21)11-5-2/h4,6-9,12-13,27H,1,5,10-11,14H2,2-3H3. The molecule has 0 spiro atoms. The van der Waals surface area contributed by atoms with Crippen LogP contribution in [-0.2, 0) is 13.1 Å². The fraction of sp³-hybridized carbons (Fsp3) is 0.273. The average molecular weight is 414 g/mol. The van der Waals surface area contributed by atoms with E-state index in [0.29, 0.717) is 17.3 Å². The lowest BCUT2D eigenvalue weighted by Crippen LogP contribution is -2.32. The number of benzene rings is 2. The number of fused-ring (bicyclic) bond motifs is 1. The molecule has 0 aliphatic heterocycles. The summed E-state index contributed by atoms with van der Waals surface area (Å²) in [5, 5.41) is 10.5. The number of carbonyl (C=O) groups excluding carboxylic acids is 1. The highest BCUT2D eigenvalue weighted by Crippen LogP contribution is 2.26. The normalized spacial score (nSPS) is 10.9. The molecule has 0 atom stereocenters. The van der Waals surface area contributed by atoms with Crippen LogP contribution in [0.5, 0.6) is 11.5 Å². The van der Waals surface area contributed by atoms with Crippen molar-refractivity contribution >= 4 is 28.5 Å². The van der Waals surface area contributed by atoms with Crippen LogP contribution in [0.2, 0.25) is 5.02 Å². The van der Waals surface area contributed by atoms with Gasteiger partial charge in [-0.05, 0) is 42.8 Å². The highest BCUT2D eigenvalue weighted by atomic mass is 35.5. The number of carbonyl (C=O) groups is 1. The minimum atomic E-state index is -0.272. The molecular formula is C22H24ClN3O3. The zero-order chi connectivity index (χ0) is 21.0. The number of aromatic hydroxyl groups is 1. The molecule has 0 radical (unpaired) electrons. The number of imidazole rings is 1. The van der Waals surface area contributed by atoms with E-state index in [1.54, 1.807) is 23.1 Å². The monoisotopic (exact) mass is 413 g/mol. The van der Waals surface area contributed by atoms with Crippen molar-refractivity contribution in [1.82, 2.24) is 14.5 Å². The molecule has 0 saturated carbocycles. The maximum absolute atomic E-state index is 13.2. The summed E-state index contributed by atoms with van der Waals surface area (Å²) in [6.45, 7) is 7.24. The molecule has 6 nitrogen and oxygen atoms in total. The molecule has 0 fully saturated rings. The van der Waals surface area contributed by atoms with Gasteiger partial charge >= 0.3 is 0 Å². The Balaban J connectivity index is 2.01. The van der Waals surface area contributed by atoms with E-state index in [-0.39, 0.29) is 23.8 Å². The fourth-order valence-corrected chi connectivity index (χ4v) is 3.49. The number of phenolic OH excluding ortho intramolecular Hbond substituents is 1. The van der Waals surface area contributed by atoms with Gasteiger partial charge in [-0.2, -0.15) is 0 Å². The third-order valence-corrected chi connectivity index (χ3v) is 4.85. The number of hydrogen-bond acceptors (Lipinski definition) is 4. The van der Waals surface area contributed by atoms with Crippen molar-refractivity contribution in [2.45, 2.75) is 26.4 Å². The number of nitrogens with zero attached hydrogens (tertiary/aromatic N) is 3. The zero-order valence-corrected chi connectivity index (χ0v) is 17.3. The predicted octanol–water partition coefficient (Wildman–Crippen LogP) is 4.64. The molecule has 0 aliphatic rings. The van der Waals surface area contributed by atoms with Crippen LogP contribution in [0.4, 0.5) is 0 Å². The Hall–Kier alpha value is -2.99. The molecule has 152 valence electrons. The van der Waals surface area contributed by atoms with E-state index in [2.05, 4.69) is 18.1 Å². The minimum absolute atomic E-state index is 0.000525. The lowest BCUT2D eigenvalue weighted by Gasteiger charge is -2.22. The molecule has 0 bridgehead atoms. The zero-order valence-electron chi connectivity index (χ0n) is 16.6. The van der Waals surface area contributed by atoms with Crippen molar-refractivity contribution in [2.24, 2.45) is 0 Å². The summed E-state index contributed by atoms with van der Waals surface area (Å²) in [7, 11) is 1.49. The van der Waals surface area contributed by atoms with Crippen molar-refractivity contribution in [1.29, 1.82) is 0 Å². The van der Waals surface area contributed by atoms with E-state index >= 15 is 0 Å². The first kappa shape index (κ1) is 20.7. The highest BCUT2D eigenvalue weighted by Gasteiger charge is 2.22. The second-order valence-electron chi connectivity index (χ2n) is 6.67. The van der Waals surface area contributed by atoms with Crippen molar-refractivity contribution in [2.75, 3.05) is 13.7 Å². The van der Waals surface area contributed by atoms with Crippen LogP contribution in [-0.4, -0.2) is 39.1 Å². The van der Waals surface area contributed by atoms with Gasteiger partial charge in [0.25, 0.3) is 5.91 Å². The summed E-state index contributed by atoms with van der Waals surface area (Å²) in [6.07, 6.45) is 2.58. The Morgan fingerprint density at radius 3 is 2.83 bits per heavy atom. The molecule has 0 saturated heterocycles. The van der Waals surface area contributed by atoms with Crippen molar-refractivity contribution < 1.29 is 14.6 Å². The van der Waals surface area contributed by atoms with E-state index in [1.165, 1.54) is 19.2 Å². The highest BCUT2D eigenvalue weighted by molar-refractivity contribution is 6.31. The molecule has 2 aromatic carbocycles. The Labute approximate surface area is 175 Å². The van der Waals surface area contributed by atoms with Gasteiger partial charge in [-0.15, -0.1) is 6.58 Å². The van der Waals surface area contributed by atoms with Gasteiger partial charge in [-0.25, -0.2) is 4.98 Å². The summed E-state index contributed by atoms with van der Waals surface area (Å²) < 4.78 is 7.39. The molecule has 3 rings (SSSR count). The van der Waals surface area contributed by atoms with Crippen molar-refractivity contribution in [3.63, 3.8) is 0 Å². The average Bonchev–Trinajstić information content (AvgIpc) is 3.04. The van der Waals surface area contributed by atoms with Crippen LogP contribution in [0.1, 0.15) is 29.5 Å². The third-order valence-electron chi connectivity index (χ3n) is 4.62. The third kappa shape index (κ3) is 4.38. The Bertz CT molecular complexity index is 1050. The molecule has 1 aromatic heterocycles. The van der Waals surface area contributed by atoms with Crippen molar-refractivity contribution in [3.05, 3.63) is 65.5 Å². The van der Waals surface area contributed by atoms with Crippen LogP contribution >= 0.6 is 11.6 Å². The molecule has 0 unspecified atom stereocenters. The molecule has 1 N–H and O–H groups in total. The Morgan fingerprint density at radius 1 is 1.34 bits per heavy atom. The Kier molecular flexibility index (Phi) is 6.44. The first-order chi connectivity index (χ1) is 14.0. The van der Waals surface area contributed by atoms with Crippen LogP contribution in [0.3, 0.4) is 0 Å². The molecule has 1 heterocycles. The second kappa shape index (κ2) is 9.01. The summed E-state index contributed by atoms with van der Waals surface area (Å²) in [5.41, 5.74) is 2.06. The quantitative estimate of drug-likeness (QED) is 0.546. The largest absolute Gasteiger partial charge is 0.508 e. The number of rotatable bonds is 8. The molecule has 7 heteroatoms. The van der Waals surface area contributed by atoms with Crippen LogP contribution in [0.15, 0.2) is 49.1 Å². The first-order valence-corrected chi connectivity index (χ1v) is 9.78. The number of amides is 1. The van der Waals surface area contributed by atoms with Gasteiger partial charge in [0.2, 0.25) is 0 Å². The van der Waals surface area contributed by atoms with Gasteiger partial charge in [-0.3, -0.25) is 4.79 Å². The summed E-state index contributed by atoms with van der Waals surface area (Å²) >= 11 is 6.18. The number of aromatic nitrogens is 2. The number of hydrogen-bond donors (Lipinski definition) is 1. The fourth-order valence-electron chi connectivity index (χ4n) is 3.32. The first-order valence-electron chi connectivity index (χ1n) is 9.40. The van der Waals surface area contributed by atoms with Gasteiger partial charge in [0, 0.05) is 18.1 Å². The Morgan fingerprint density at radius 2 is 2.14 bits per heavy atom. The van der Waals surface area contributed by atoms with E-state index in [4.69, 9.17) is 21.3 Å². The number of ether oxygens (including phenoxy) is 1. The second-order valence-corrected chi connectivity index (χ2v) is 7.11. The van der Waals surface area contributed by atoms with E-state index in [0.717, 1.165) is 29.8 Å². The van der Waals surface area contributed by atoms with Crippen molar-refractivity contribution in [3.8, 4) is 11.5 Å².